The molecule has 0 saturated carbocycles. The van der Waals surface area contributed by atoms with Gasteiger partial charge in [0.2, 0.25) is 0 Å². The number of rotatable bonds is 4. The van der Waals surface area contributed by atoms with Gasteiger partial charge in [0.15, 0.2) is 0 Å². The smallest absolute Gasteiger partial charge is 0.320 e. The van der Waals surface area contributed by atoms with Gasteiger partial charge in [-0.1, -0.05) is 15.9 Å². The van der Waals surface area contributed by atoms with Gasteiger partial charge in [-0.05, 0) is 0 Å². The van der Waals surface area contributed by atoms with Crippen LogP contribution in [0.3, 0.4) is 0 Å². The first-order valence-electron chi connectivity index (χ1n) is 4.34. The molecule has 76 valence electrons. The second-order valence-electron chi connectivity index (χ2n) is 2.80. The van der Waals surface area contributed by atoms with Gasteiger partial charge < -0.3 is 9.47 Å². The summed E-state index contributed by atoms with van der Waals surface area (Å²) in [5.41, 5.74) is 0. The molecule has 0 radical (unpaired) electrons. The number of hydrogen-bond donors (Lipinski definition) is 0. The lowest BCUT2D eigenvalue weighted by Gasteiger charge is -2.25. The van der Waals surface area contributed by atoms with Gasteiger partial charge in [-0.3, -0.25) is 9.69 Å². The molecule has 0 aromatic rings. The number of carbonyl (C=O) groups is 1. The average Bonchev–Trinajstić information content (AvgIpc) is 2.16. The number of carbonyl (C=O) groups excluding carboxylic acids is 1. The molecule has 1 aliphatic heterocycles. The Hall–Kier alpha value is -0.130. The molecule has 0 aliphatic carbocycles. The molecule has 0 unspecified atom stereocenters. The van der Waals surface area contributed by atoms with Gasteiger partial charge in [0, 0.05) is 18.4 Å². The van der Waals surface area contributed by atoms with E-state index in [9.17, 15) is 4.79 Å². The molecule has 13 heavy (non-hydrogen) atoms. The molecule has 1 rings (SSSR count). The first-order valence-corrected chi connectivity index (χ1v) is 5.47. The third-order valence-electron chi connectivity index (χ3n) is 1.80. The molecular weight excluding hydrogens is 238 g/mol. The number of nitrogens with zero attached hydrogens (tertiary/aromatic N) is 1. The Morgan fingerprint density at radius 1 is 1.46 bits per heavy atom. The van der Waals surface area contributed by atoms with Crippen molar-refractivity contribution in [2.24, 2.45) is 0 Å². The molecule has 1 saturated heterocycles. The fraction of sp³-hybridized carbons (Fsp3) is 0.875. The number of morpholine rings is 1. The Balaban J connectivity index is 2.11. The molecule has 5 heteroatoms. The first-order chi connectivity index (χ1) is 6.33. The normalized spacial score (nSPS) is 18.5. The zero-order valence-electron chi connectivity index (χ0n) is 7.50. The van der Waals surface area contributed by atoms with Crippen LogP contribution >= 0.6 is 15.9 Å². The van der Waals surface area contributed by atoms with Gasteiger partial charge in [0.05, 0.1) is 19.8 Å². The molecule has 1 fully saturated rings. The highest BCUT2D eigenvalue weighted by Crippen LogP contribution is 1.96. The van der Waals surface area contributed by atoms with Crippen molar-refractivity contribution >= 4 is 21.9 Å². The fourth-order valence-corrected chi connectivity index (χ4v) is 1.30. The van der Waals surface area contributed by atoms with Crippen LogP contribution in [0.25, 0.3) is 0 Å². The second kappa shape index (κ2) is 6.34. The van der Waals surface area contributed by atoms with E-state index in [1.54, 1.807) is 0 Å². The van der Waals surface area contributed by atoms with Gasteiger partial charge in [0.25, 0.3) is 0 Å². The lowest BCUT2D eigenvalue weighted by atomic mass is 10.4. The lowest BCUT2D eigenvalue weighted by Crippen LogP contribution is -2.40. The monoisotopic (exact) mass is 251 g/mol. The Labute approximate surface area is 86.3 Å². The molecular formula is C8H14BrNO3. The van der Waals surface area contributed by atoms with E-state index >= 15 is 0 Å². The summed E-state index contributed by atoms with van der Waals surface area (Å²) in [4.78, 5) is 13.2. The first kappa shape index (κ1) is 10.9. The third-order valence-corrected chi connectivity index (χ3v) is 2.12. The van der Waals surface area contributed by atoms with Crippen LogP contribution < -0.4 is 0 Å². The van der Waals surface area contributed by atoms with Gasteiger partial charge in [0.1, 0.15) is 6.61 Å². The van der Waals surface area contributed by atoms with E-state index in [2.05, 4.69) is 15.9 Å². The van der Waals surface area contributed by atoms with Gasteiger partial charge in [-0.2, -0.15) is 0 Å². The van der Waals surface area contributed by atoms with E-state index in [0.717, 1.165) is 13.1 Å². The highest BCUT2D eigenvalue weighted by atomic mass is 79.9. The largest absolute Gasteiger partial charge is 0.464 e. The van der Waals surface area contributed by atoms with E-state index in [4.69, 9.17) is 9.47 Å². The summed E-state index contributed by atoms with van der Waals surface area (Å²) >= 11 is 3.19. The molecule has 0 spiro atoms. The van der Waals surface area contributed by atoms with Crippen molar-refractivity contribution in [3.63, 3.8) is 0 Å². The fourth-order valence-electron chi connectivity index (χ4n) is 1.14. The van der Waals surface area contributed by atoms with E-state index in [0.29, 0.717) is 31.7 Å². The van der Waals surface area contributed by atoms with Crippen molar-refractivity contribution in [2.45, 2.75) is 0 Å². The van der Waals surface area contributed by atoms with Crippen molar-refractivity contribution < 1.29 is 14.3 Å². The minimum atomic E-state index is -0.152. The predicted molar refractivity (Wildman–Crippen MR) is 52.0 cm³/mol. The summed E-state index contributed by atoms with van der Waals surface area (Å²) in [6.07, 6.45) is 0. The maximum absolute atomic E-state index is 11.1. The predicted octanol–water partition coefficient (Wildman–Crippen LogP) is 0.257. The molecule has 4 nitrogen and oxygen atoms in total. The second-order valence-corrected chi connectivity index (χ2v) is 3.59. The van der Waals surface area contributed by atoms with Crippen LogP contribution in [0.2, 0.25) is 0 Å². The SMILES string of the molecule is O=C(CN1CCOCC1)OCCBr. The van der Waals surface area contributed by atoms with Gasteiger partial charge in [-0.25, -0.2) is 0 Å². The zero-order chi connectivity index (χ0) is 9.52. The molecule has 0 aromatic heterocycles. The topological polar surface area (TPSA) is 38.8 Å². The molecule has 0 aromatic carbocycles. The van der Waals surface area contributed by atoms with Gasteiger partial charge >= 0.3 is 5.97 Å². The van der Waals surface area contributed by atoms with Gasteiger partial charge in [-0.15, -0.1) is 0 Å². The molecule has 0 bridgehead atoms. The van der Waals surface area contributed by atoms with E-state index in [1.165, 1.54) is 0 Å². The summed E-state index contributed by atoms with van der Waals surface area (Å²) in [5.74, 6) is -0.152. The highest BCUT2D eigenvalue weighted by Gasteiger charge is 2.14. The van der Waals surface area contributed by atoms with Crippen LogP contribution in [0.4, 0.5) is 0 Å². The third kappa shape index (κ3) is 4.59. The van der Waals surface area contributed by atoms with E-state index in [1.807, 2.05) is 4.90 Å². The number of hydrogen-bond acceptors (Lipinski definition) is 4. The summed E-state index contributed by atoms with van der Waals surface area (Å²) in [6.45, 7) is 3.91. The maximum atomic E-state index is 11.1. The molecule has 1 heterocycles. The standard InChI is InChI=1S/C8H14BrNO3/c9-1-4-13-8(11)7-10-2-5-12-6-3-10/h1-7H2. The van der Waals surface area contributed by atoms with E-state index in [-0.39, 0.29) is 5.97 Å². The van der Waals surface area contributed by atoms with Crippen LogP contribution in [0, 0.1) is 0 Å². The molecule has 0 amide bonds. The Morgan fingerprint density at radius 2 is 2.15 bits per heavy atom. The van der Waals surface area contributed by atoms with Crippen molar-refractivity contribution in [1.29, 1.82) is 0 Å². The van der Waals surface area contributed by atoms with Crippen molar-refractivity contribution in [2.75, 3.05) is 44.8 Å². The maximum Gasteiger partial charge on any atom is 0.320 e. The summed E-state index contributed by atoms with van der Waals surface area (Å²) in [6, 6.07) is 0. The van der Waals surface area contributed by atoms with Crippen LogP contribution in [0.1, 0.15) is 0 Å². The molecule has 0 N–H and O–H groups in total. The number of halogens is 1. The van der Waals surface area contributed by atoms with Crippen LogP contribution in [-0.2, 0) is 14.3 Å². The Bertz CT molecular complexity index is 159. The molecule has 1 aliphatic rings. The lowest BCUT2D eigenvalue weighted by molar-refractivity contribution is -0.145. The van der Waals surface area contributed by atoms with Crippen molar-refractivity contribution in [3.05, 3.63) is 0 Å². The zero-order valence-corrected chi connectivity index (χ0v) is 9.09. The van der Waals surface area contributed by atoms with Crippen molar-refractivity contribution in [1.82, 2.24) is 4.90 Å². The minimum absolute atomic E-state index is 0.152. The summed E-state index contributed by atoms with van der Waals surface area (Å²) < 4.78 is 10.1. The van der Waals surface area contributed by atoms with Crippen LogP contribution in [-0.4, -0.2) is 55.7 Å². The summed E-state index contributed by atoms with van der Waals surface area (Å²) in [7, 11) is 0. The average molecular weight is 252 g/mol. The van der Waals surface area contributed by atoms with E-state index < -0.39 is 0 Å². The molecule has 0 atom stereocenters. The van der Waals surface area contributed by atoms with Crippen molar-refractivity contribution in [3.8, 4) is 0 Å². The van der Waals surface area contributed by atoms with Crippen LogP contribution in [0.15, 0.2) is 0 Å². The number of ether oxygens (including phenoxy) is 2. The quantitative estimate of drug-likeness (QED) is 0.531. The number of alkyl halides is 1. The number of esters is 1. The summed E-state index contributed by atoms with van der Waals surface area (Å²) in [5, 5.41) is 0.696. The minimum Gasteiger partial charge on any atom is -0.464 e. The Morgan fingerprint density at radius 3 is 2.77 bits per heavy atom. The van der Waals surface area contributed by atoms with Crippen LogP contribution in [0.5, 0.6) is 0 Å². The highest BCUT2D eigenvalue weighted by molar-refractivity contribution is 9.09. The Kier molecular flexibility index (Phi) is 5.34.